The Morgan fingerprint density at radius 3 is 2.84 bits per heavy atom. The Labute approximate surface area is 146 Å². The minimum Gasteiger partial charge on any atom is -0.493 e. The molecule has 0 unspecified atom stereocenters. The van der Waals surface area contributed by atoms with Crippen molar-refractivity contribution in [3.63, 3.8) is 0 Å². The number of amides is 1. The van der Waals surface area contributed by atoms with Gasteiger partial charge in [-0.15, -0.1) is 0 Å². The van der Waals surface area contributed by atoms with Crippen LogP contribution in [0.2, 0.25) is 0 Å². The van der Waals surface area contributed by atoms with Crippen LogP contribution in [-0.4, -0.2) is 49.8 Å². The number of rotatable bonds is 4. The van der Waals surface area contributed by atoms with Crippen LogP contribution in [0.3, 0.4) is 0 Å². The first-order valence-electron chi connectivity index (χ1n) is 9.23. The molecule has 1 aromatic carbocycles. The minimum atomic E-state index is -0.242. The highest BCUT2D eigenvalue weighted by Crippen LogP contribution is 2.49. The zero-order valence-electron chi connectivity index (χ0n) is 14.1. The van der Waals surface area contributed by atoms with Gasteiger partial charge in [-0.05, 0) is 37.0 Å². The van der Waals surface area contributed by atoms with Crippen LogP contribution in [0.25, 0.3) is 0 Å². The van der Waals surface area contributed by atoms with E-state index in [1.54, 1.807) is 12.1 Å². The van der Waals surface area contributed by atoms with E-state index in [1.165, 1.54) is 18.9 Å². The molecule has 0 aromatic heterocycles. The second kappa shape index (κ2) is 5.95. The first-order chi connectivity index (χ1) is 12.2. The highest BCUT2D eigenvalue weighted by atomic mass is 19.1. The van der Waals surface area contributed by atoms with E-state index in [-0.39, 0.29) is 35.6 Å². The lowest BCUT2D eigenvalue weighted by molar-refractivity contribution is -0.130. The number of ether oxygens (including phenoxy) is 2. The molecular weight excluding hydrogens is 323 g/mol. The average molecular weight is 346 g/mol. The fourth-order valence-electron chi connectivity index (χ4n) is 4.42. The van der Waals surface area contributed by atoms with Gasteiger partial charge in [0.1, 0.15) is 11.6 Å². The first-order valence-corrected chi connectivity index (χ1v) is 9.23. The van der Waals surface area contributed by atoms with E-state index in [1.807, 2.05) is 0 Å². The van der Waals surface area contributed by atoms with Gasteiger partial charge >= 0.3 is 0 Å². The van der Waals surface area contributed by atoms with Gasteiger partial charge in [-0.2, -0.15) is 0 Å². The number of carbonyl (C=O) groups is 1. The van der Waals surface area contributed by atoms with Crippen LogP contribution in [-0.2, 0) is 9.53 Å². The number of halogens is 1. The SMILES string of the molecule is O=C(NC1COC1)[C@@H]1CN(CC2CC2)[C@H]2c3cc(F)ccc3OC[C@@H]12. The Balaban J connectivity index is 1.43. The molecule has 5 rings (SSSR count). The fraction of sp³-hybridized carbons (Fsp3) is 0.632. The van der Waals surface area contributed by atoms with E-state index in [2.05, 4.69) is 10.2 Å². The lowest BCUT2D eigenvalue weighted by Crippen LogP contribution is -2.51. The van der Waals surface area contributed by atoms with Gasteiger partial charge in [0, 0.05) is 30.6 Å². The van der Waals surface area contributed by atoms with Gasteiger partial charge in [0.2, 0.25) is 5.91 Å². The highest BCUT2D eigenvalue weighted by molar-refractivity contribution is 5.80. The van der Waals surface area contributed by atoms with Crippen molar-refractivity contribution in [1.29, 1.82) is 0 Å². The van der Waals surface area contributed by atoms with Gasteiger partial charge in [-0.25, -0.2) is 4.39 Å². The molecule has 3 heterocycles. The molecule has 5 nitrogen and oxygen atoms in total. The Hall–Kier alpha value is -1.66. The third kappa shape index (κ3) is 2.81. The average Bonchev–Trinajstić information content (AvgIpc) is 3.30. The number of nitrogens with one attached hydrogen (secondary N) is 1. The molecule has 0 radical (unpaired) electrons. The standard InChI is InChI=1S/C19H23FN2O3/c20-12-3-4-17-14(5-12)18-16(10-25-17)15(7-22(18)6-11-1-2-11)19(23)21-13-8-24-9-13/h3-5,11,13,15-16,18H,1-2,6-10H2,(H,21,23)/t15-,16+,18+/m1/s1. The number of hydrogen-bond donors (Lipinski definition) is 1. The van der Waals surface area contributed by atoms with Crippen LogP contribution in [0.5, 0.6) is 5.75 Å². The number of hydrogen-bond acceptors (Lipinski definition) is 4. The summed E-state index contributed by atoms with van der Waals surface area (Å²) in [5.41, 5.74) is 0.902. The molecule has 0 spiro atoms. The molecule has 1 aliphatic carbocycles. The Bertz CT molecular complexity index is 689. The number of carbonyl (C=O) groups excluding carboxylic acids is 1. The second-order valence-corrected chi connectivity index (χ2v) is 7.85. The quantitative estimate of drug-likeness (QED) is 0.902. The molecule has 6 heteroatoms. The minimum absolute atomic E-state index is 0.0773. The molecule has 3 atom stereocenters. The largest absolute Gasteiger partial charge is 0.493 e. The molecule has 1 aromatic rings. The van der Waals surface area contributed by atoms with Gasteiger partial charge < -0.3 is 14.8 Å². The summed E-state index contributed by atoms with van der Waals surface area (Å²) in [5, 5.41) is 3.10. The third-order valence-electron chi connectivity index (χ3n) is 5.98. The van der Waals surface area contributed by atoms with E-state index >= 15 is 0 Å². The topological polar surface area (TPSA) is 50.8 Å². The predicted molar refractivity (Wildman–Crippen MR) is 88.7 cm³/mol. The van der Waals surface area contributed by atoms with Crippen LogP contribution in [0.15, 0.2) is 18.2 Å². The fourth-order valence-corrected chi connectivity index (χ4v) is 4.42. The maximum atomic E-state index is 13.9. The molecule has 4 aliphatic rings. The molecule has 1 saturated carbocycles. The summed E-state index contributed by atoms with van der Waals surface area (Å²) >= 11 is 0. The molecule has 2 saturated heterocycles. The van der Waals surface area contributed by atoms with Crippen LogP contribution in [0.4, 0.5) is 4.39 Å². The van der Waals surface area contributed by atoms with Crippen LogP contribution < -0.4 is 10.1 Å². The highest BCUT2D eigenvalue weighted by Gasteiger charge is 2.50. The number of likely N-dealkylation sites (tertiary alicyclic amines) is 1. The van der Waals surface area contributed by atoms with Crippen molar-refractivity contribution in [2.24, 2.45) is 17.8 Å². The first kappa shape index (κ1) is 15.6. The van der Waals surface area contributed by atoms with Crippen molar-refractivity contribution in [2.45, 2.75) is 24.9 Å². The maximum Gasteiger partial charge on any atom is 0.225 e. The van der Waals surface area contributed by atoms with Crippen LogP contribution >= 0.6 is 0 Å². The number of fused-ring (bicyclic) bond motifs is 3. The van der Waals surface area contributed by atoms with Crippen molar-refractivity contribution in [1.82, 2.24) is 10.2 Å². The van der Waals surface area contributed by atoms with Crippen molar-refractivity contribution in [3.05, 3.63) is 29.6 Å². The third-order valence-corrected chi connectivity index (χ3v) is 5.98. The summed E-state index contributed by atoms with van der Waals surface area (Å²) in [5.74, 6) is 1.30. The van der Waals surface area contributed by atoms with Crippen molar-refractivity contribution < 1.29 is 18.7 Å². The van der Waals surface area contributed by atoms with Gasteiger partial charge in [0.25, 0.3) is 0 Å². The van der Waals surface area contributed by atoms with Crippen molar-refractivity contribution >= 4 is 5.91 Å². The molecule has 25 heavy (non-hydrogen) atoms. The normalized spacial score (nSPS) is 31.6. The van der Waals surface area contributed by atoms with E-state index in [4.69, 9.17) is 9.47 Å². The smallest absolute Gasteiger partial charge is 0.225 e. The number of benzene rings is 1. The Kier molecular flexibility index (Phi) is 3.71. The summed E-state index contributed by atoms with van der Waals surface area (Å²) in [6.45, 7) is 3.44. The summed E-state index contributed by atoms with van der Waals surface area (Å²) in [7, 11) is 0. The summed E-state index contributed by atoms with van der Waals surface area (Å²) in [4.78, 5) is 15.2. The Morgan fingerprint density at radius 1 is 1.28 bits per heavy atom. The summed E-state index contributed by atoms with van der Waals surface area (Å²) in [6.07, 6.45) is 2.52. The predicted octanol–water partition coefficient (Wildman–Crippen LogP) is 1.73. The van der Waals surface area contributed by atoms with E-state index < -0.39 is 0 Å². The maximum absolute atomic E-state index is 13.9. The molecule has 3 aliphatic heterocycles. The Morgan fingerprint density at radius 2 is 2.12 bits per heavy atom. The van der Waals surface area contributed by atoms with Crippen LogP contribution in [0.1, 0.15) is 24.4 Å². The van der Waals surface area contributed by atoms with Gasteiger partial charge in [0.15, 0.2) is 0 Å². The van der Waals surface area contributed by atoms with Gasteiger partial charge in [0.05, 0.1) is 31.8 Å². The second-order valence-electron chi connectivity index (χ2n) is 7.85. The lowest BCUT2D eigenvalue weighted by Gasteiger charge is -2.35. The zero-order chi connectivity index (χ0) is 17.0. The van der Waals surface area contributed by atoms with Gasteiger partial charge in [-0.1, -0.05) is 0 Å². The van der Waals surface area contributed by atoms with E-state index in [0.717, 1.165) is 30.3 Å². The molecule has 134 valence electrons. The van der Waals surface area contributed by atoms with Gasteiger partial charge in [-0.3, -0.25) is 9.69 Å². The number of nitrogens with zero attached hydrogens (tertiary/aromatic N) is 1. The molecule has 0 bridgehead atoms. The van der Waals surface area contributed by atoms with E-state index in [0.29, 0.717) is 19.8 Å². The monoisotopic (exact) mass is 346 g/mol. The van der Waals surface area contributed by atoms with Crippen molar-refractivity contribution in [2.75, 3.05) is 32.9 Å². The molecular formula is C19H23FN2O3. The molecule has 1 amide bonds. The zero-order valence-corrected chi connectivity index (χ0v) is 14.1. The molecule has 3 fully saturated rings. The van der Waals surface area contributed by atoms with Crippen LogP contribution in [0, 0.1) is 23.6 Å². The van der Waals surface area contributed by atoms with E-state index in [9.17, 15) is 9.18 Å². The summed E-state index contributed by atoms with van der Waals surface area (Å²) in [6, 6.07) is 4.97. The van der Waals surface area contributed by atoms with Crippen molar-refractivity contribution in [3.8, 4) is 5.75 Å². The molecule has 1 N–H and O–H groups in total. The lowest BCUT2D eigenvalue weighted by atomic mass is 9.84. The summed E-state index contributed by atoms with van der Waals surface area (Å²) < 4.78 is 24.9.